The van der Waals surface area contributed by atoms with E-state index < -0.39 is 11.8 Å². The third kappa shape index (κ3) is 4.28. The largest absolute Gasteiger partial charge is 0.384 e. The Hall–Kier alpha value is -1.82. The average molecular weight is 257 g/mol. The molecule has 1 heterocycles. The molecule has 0 aromatic carbocycles. The second kappa shape index (κ2) is 6.05. The summed E-state index contributed by atoms with van der Waals surface area (Å²) in [5.74, 6) is -0.609. The number of anilines is 1. The van der Waals surface area contributed by atoms with Crippen LogP contribution in [0.2, 0.25) is 5.02 Å². The Bertz CT molecular complexity index is 436. The van der Waals surface area contributed by atoms with Crippen molar-refractivity contribution in [2.75, 3.05) is 12.3 Å². The number of hydrogen-bond donors (Lipinski definition) is 3. The lowest BCUT2D eigenvalue weighted by molar-refractivity contribution is -0.118. The lowest BCUT2D eigenvalue weighted by Gasteiger charge is -2.05. The van der Waals surface area contributed by atoms with Crippen LogP contribution in [0.25, 0.3) is 0 Å². The molecule has 92 valence electrons. The van der Waals surface area contributed by atoms with E-state index in [4.69, 9.17) is 23.1 Å². The molecule has 6 nitrogen and oxygen atoms in total. The molecule has 0 aliphatic rings. The van der Waals surface area contributed by atoms with Crippen LogP contribution in [0.5, 0.6) is 0 Å². The number of pyridine rings is 1. The van der Waals surface area contributed by atoms with Crippen molar-refractivity contribution in [3.63, 3.8) is 0 Å². The van der Waals surface area contributed by atoms with Gasteiger partial charge in [-0.3, -0.25) is 9.59 Å². The molecule has 17 heavy (non-hydrogen) atoms. The number of carbonyl (C=O) groups excluding carboxylic acids is 2. The first kappa shape index (κ1) is 13.2. The number of nitrogens with two attached hydrogens (primary N) is 2. The Labute approximate surface area is 103 Å². The van der Waals surface area contributed by atoms with Gasteiger partial charge in [-0.25, -0.2) is 4.98 Å². The molecule has 0 atom stereocenters. The highest BCUT2D eigenvalue weighted by atomic mass is 35.5. The summed E-state index contributed by atoms with van der Waals surface area (Å²) in [5, 5.41) is 2.80. The number of amides is 2. The number of hydrogen-bond acceptors (Lipinski definition) is 4. The van der Waals surface area contributed by atoms with E-state index >= 15 is 0 Å². The van der Waals surface area contributed by atoms with Gasteiger partial charge in [0.2, 0.25) is 5.91 Å². The average Bonchev–Trinajstić information content (AvgIpc) is 2.27. The van der Waals surface area contributed by atoms with Gasteiger partial charge in [-0.1, -0.05) is 11.6 Å². The highest BCUT2D eigenvalue weighted by Gasteiger charge is 2.11. The lowest BCUT2D eigenvalue weighted by Crippen LogP contribution is -2.26. The zero-order valence-corrected chi connectivity index (χ0v) is 9.83. The molecule has 0 aliphatic heterocycles. The summed E-state index contributed by atoms with van der Waals surface area (Å²) in [6.45, 7) is 0.328. The number of carbonyl (C=O) groups is 2. The van der Waals surface area contributed by atoms with Crippen molar-refractivity contribution in [2.24, 2.45) is 5.73 Å². The first-order valence-electron chi connectivity index (χ1n) is 4.99. The molecular weight excluding hydrogens is 244 g/mol. The molecule has 0 fully saturated rings. The van der Waals surface area contributed by atoms with Crippen molar-refractivity contribution in [3.8, 4) is 0 Å². The van der Waals surface area contributed by atoms with E-state index in [-0.39, 0.29) is 23.0 Å². The molecule has 0 bridgehead atoms. The van der Waals surface area contributed by atoms with Gasteiger partial charge < -0.3 is 16.8 Å². The molecule has 1 rings (SSSR count). The van der Waals surface area contributed by atoms with Crippen LogP contribution in [-0.2, 0) is 4.79 Å². The van der Waals surface area contributed by atoms with Gasteiger partial charge in [-0.2, -0.15) is 0 Å². The SMILES string of the molecule is NC(=O)CCCNC(=O)c1nc(N)ccc1Cl. The molecule has 0 saturated heterocycles. The summed E-state index contributed by atoms with van der Waals surface area (Å²) >= 11 is 5.80. The highest BCUT2D eigenvalue weighted by molar-refractivity contribution is 6.33. The Kier molecular flexibility index (Phi) is 4.71. The minimum atomic E-state index is -0.424. The van der Waals surface area contributed by atoms with Crippen molar-refractivity contribution >= 4 is 29.2 Å². The fourth-order valence-corrected chi connectivity index (χ4v) is 1.36. The van der Waals surface area contributed by atoms with Crippen molar-refractivity contribution in [2.45, 2.75) is 12.8 Å². The summed E-state index contributed by atoms with van der Waals surface area (Å²) in [5.41, 5.74) is 10.5. The summed E-state index contributed by atoms with van der Waals surface area (Å²) in [6, 6.07) is 3.01. The van der Waals surface area contributed by atoms with Crippen molar-refractivity contribution in [1.29, 1.82) is 0 Å². The molecule has 5 N–H and O–H groups in total. The van der Waals surface area contributed by atoms with Crippen LogP contribution >= 0.6 is 11.6 Å². The van der Waals surface area contributed by atoms with Gasteiger partial charge in [0.1, 0.15) is 11.5 Å². The van der Waals surface area contributed by atoms with Gasteiger partial charge in [-0.15, -0.1) is 0 Å². The van der Waals surface area contributed by atoms with E-state index in [2.05, 4.69) is 10.3 Å². The van der Waals surface area contributed by atoms with Crippen LogP contribution in [0, 0.1) is 0 Å². The van der Waals surface area contributed by atoms with Gasteiger partial charge in [0.15, 0.2) is 0 Å². The third-order valence-electron chi connectivity index (χ3n) is 1.97. The maximum Gasteiger partial charge on any atom is 0.271 e. The van der Waals surface area contributed by atoms with E-state index in [1.807, 2.05) is 0 Å². The first-order valence-corrected chi connectivity index (χ1v) is 5.37. The molecule has 1 aromatic heterocycles. The molecule has 0 aliphatic carbocycles. The number of primary amides is 1. The fraction of sp³-hybridized carbons (Fsp3) is 0.300. The second-order valence-electron chi connectivity index (χ2n) is 3.39. The third-order valence-corrected chi connectivity index (χ3v) is 2.27. The van der Waals surface area contributed by atoms with Gasteiger partial charge in [0.25, 0.3) is 5.91 Å². The minimum Gasteiger partial charge on any atom is -0.384 e. The summed E-state index contributed by atoms with van der Waals surface area (Å²) in [6.07, 6.45) is 0.694. The van der Waals surface area contributed by atoms with Crippen LogP contribution in [0.3, 0.4) is 0 Å². The lowest BCUT2D eigenvalue weighted by atomic mass is 10.3. The Morgan fingerprint density at radius 3 is 2.76 bits per heavy atom. The standard InChI is InChI=1S/C10H13ClN4O2/c11-6-3-4-7(12)15-9(6)10(17)14-5-1-2-8(13)16/h3-4H,1-2,5H2,(H2,12,15)(H2,13,16)(H,14,17). The molecule has 0 radical (unpaired) electrons. The maximum absolute atomic E-state index is 11.6. The predicted octanol–water partition coefficient (Wildman–Crippen LogP) is 0.312. The van der Waals surface area contributed by atoms with Crippen LogP contribution in [0.15, 0.2) is 12.1 Å². The number of nitrogens with zero attached hydrogens (tertiary/aromatic N) is 1. The van der Waals surface area contributed by atoms with E-state index in [0.717, 1.165) is 0 Å². The molecule has 1 aromatic rings. The monoisotopic (exact) mass is 256 g/mol. The summed E-state index contributed by atoms with van der Waals surface area (Å²) < 4.78 is 0. The van der Waals surface area contributed by atoms with Crippen LogP contribution in [0.4, 0.5) is 5.82 Å². The number of aromatic nitrogens is 1. The summed E-state index contributed by atoms with van der Waals surface area (Å²) in [7, 11) is 0. The number of nitrogens with one attached hydrogen (secondary N) is 1. The normalized spacial score (nSPS) is 9.94. The minimum absolute atomic E-state index is 0.0748. The van der Waals surface area contributed by atoms with E-state index in [0.29, 0.717) is 13.0 Å². The van der Waals surface area contributed by atoms with Crippen molar-refractivity contribution in [3.05, 3.63) is 22.8 Å². The Morgan fingerprint density at radius 2 is 2.12 bits per heavy atom. The number of halogens is 1. The number of rotatable bonds is 5. The van der Waals surface area contributed by atoms with E-state index in [1.54, 1.807) is 0 Å². The van der Waals surface area contributed by atoms with Crippen molar-refractivity contribution in [1.82, 2.24) is 10.3 Å². The molecule has 2 amide bonds. The second-order valence-corrected chi connectivity index (χ2v) is 3.80. The van der Waals surface area contributed by atoms with E-state index in [9.17, 15) is 9.59 Å². The molecule has 0 unspecified atom stereocenters. The summed E-state index contributed by atoms with van der Waals surface area (Å²) in [4.78, 5) is 25.9. The molecule has 7 heteroatoms. The van der Waals surface area contributed by atoms with Gasteiger partial charge in [-0.05, 0) is 18.6 Å². The van der Waals surface area contributed by atoms with Crippen LogP contribution < -0.4 is 16.8 Å². The van der Waals surface area contributed by atoms with Crippen LogP contribution in [0.1, 0.15) is 23.3 Å². The topological polar surface area (TPSA) is 111 Å². The Balaban J connectivity index is 2.52. The van der Waals surface area contributed by atoms with Crippen LogP contribution in [-0.4, -0.2) is 23.3 Å². The zero-order chi connectivity index (χ0) is 12.8. The fourth-order valence-electron chi connectivity index (χ4n) is 1.16. The molecule has 0 spiro atoms. The Morgan fingerprint density at radius 1 is 1.41 bits per heavy atom. The van der Waals surface area contributed by atoms with Gasteiger partial charge >= 0.3 is 0 Å². The van der Waals surface area contributed by atoms with E-state index in [1.165, 1.54) is 12.1 Å². The number of nitrogen functional groups attached to an aromatic ring is 1. The highest BCUT2D eigenvalue weighted by Crippen LogP contribution is 2.14. The quantitative estimate of drug-likeness (QED) is 0.659. The molecular formula is C10H13ClN4O2. The van der Waals surface area contributed by atoms with Gasteiger partial charge in [0, 0.05) is 13.0 Å². The maximum atomic E-state index is 11.6. The van der Waals surface area contributed by atoms with Gasteiger partial charge in [0.05, 0.1) is 5.02 Å². The molecule has 0 saturated carbocycles. The smallest absolute Gasteiger partial charge is 0.271 e. The predicted molar refractivity (Wildman–Crippen MR) is 64.4 cm³/mol. The van der Waals surface area contributed by atoms with Crippen molar-refractivity contribution < 1.29 is 9.59 Å². The first-order chi connectivity index (χ1) is 8.00. The zero-order valence-electron chi connectivity index (χ0n) is 9.07.